The van der Waals surface area contributed by atoms with Crippen LogP contribution in [0.25, 0.3) is 0 Å². The maximum absolute atomic E-state index is 11.3. The number of hydrogen-bond acceptors (Lipinski definition) is 3. The fourth-order valence-corrected chi connectivity index (χ4v) is 3.04. The van der Waals surface area contributed by atoms with E-state index >= 15 is 0 Å². The fourth-order valence-electron chi connectivity index (χ4n) is 3.04. The molecule has 3 rings (SSSR count). The lowest BCUT2D eigenvalue weighted by atomic mass is 9.87. The van der Waals surface area contributed by atoms with Crippen LogP contribution in [-0.4, -0.2) is 37.5 Å². The molecule has 3 atom stereocenters. The third-order valence-electron chi connectivity index (χ3n) is 4.14. The van der Waals surface area contributed by atoms with Crippen molar-refractivity contribution in [2.24, 2.45) is 11.8 Å². The largest absolute Gasteiger partial charge is 0.353 e. The van der Waals surface area contributed by atoms with Crippen LogP contribution in [0, 0.1) is 11.8 Å². The average Bonchev–Trinajstić information content (AvgIpc) is 2.86. The van der Waals surface area contributed by atoms with E-state index in [1.165, 1.54) is 5.57 Å². The Morgan fingerprint density at radius 1 is 1.21 bits per heavy atom. The highest BCUT2D eigenvalue weighted by Gasteiger charge is 2.30. The Bertz CT molecular complexity index is 456. The second-order valence-corrected chi connectivity index (χ2v) is 5.46. The van der Waals surface area contributed by atoms with Gasteiger partial charge in [-0.05, 0) is 12.5 Å². The van der Waals surface area contributed by atoms with Gasteiger partial charge in [0, 0.05) is 43.9 Å². The Hall–Kier alpha value is -1.62. The summed E-state index contributed by atoms with van der Waals surface area (Å²) in [5.41, 5.74) is 1.31. The van der Waals surface area contributed by atoms with E-state index in [1.807, 2.05) is 6.08 Å². The predicted molar refractivity (Wildman–Crippen MR) is 71.2 cm³/mol. The van der Waals surface area contributed by atoms with E-state index in [0.29, 0.717) is 18.9 Å². The molecule has 2 amide bonds. The third kappa shape index (κ3) is 2.71. The minimum absolute atomic E-state index is 0.0137. The van der Waals surface area contributed by atoms with Gasteiger partial charge in [-0.2, -0.15) is 0 Å². The van der Waals surface area contributed by atoms with Gasteiger partial charge in [0.25, 0.3) is 0 Å². The van der Waals surface area contributed by atoms with Gasteiger partial charge < -0.3 is 16.0 Å². The summed E-state index contributed by atoms with van der Waals surface area (Å²) in [6.07, 6.45) is 7.44. The highest BCUT2D eigenvalue weighted by atomic mass is 16.2. The molecule has 1 fully saturated rings. The molecule has 102 valence electrons. The predicted octanol–water partition coefficient (Wildman–Crippen LogP) is -0.287. The zero-order valence-electron chi connectivity index (χ0n) is 10.8. The van der Waals surface area contributed by atoms with Crippen LogP contribution in [0.2, 0.25) is 0 Å². The fraction of sp³-hybridized carbons (Fsp3) is 0.571. The Morgan fingerprint density at radius 2 is 2.11 bits per heavy atom. The van der Waals surface area contributed by atoms with Gasteiger partial charge in [0.2, 0.25) is 11.8 Å². The molecule has 0 aromatic carbocycles. The molecule has 0 radical (unpaired) electrons. The van der Waals surface area contributed by atoms with Crippen LogP contribution in [0.3, 0.4) is 0 Å². The lowest BCUT2D eigenvalue weighted by Gasteiger charge is -2.30. The van der Waals surface area contributed by atoms with Gasteiger partial charge in [-0.15, -0.1) is 0 Å². The first-order valence-corrected chi connectivity index (χ1v) is 6.89. The number of carbonyl (C=O) groups excluding carboxylic acids is 2. The number of nitrogens with one attached hydrogen (secondary N) is 3. The molecule has 3 heterocycles. The summed E-state index contributed by atoms with van der Waals surface area (Å²) < 4.78 is 0. The topological polar surface area (TPSA) is 70.2 Å². The lowest BCUT2D eigenvalue weighted by Crippen LogP contribution is -2.43. The van der Waals surface area contributed by atoms with E-state index in [4.69, 9.17) is 0 Å². The smallest absolute Gasteiger partial charge is 0.243 e. The average molecular weight is 261 g/mol. The minimum Gasteiger partial charge on any atom is -0.353 e. The van der Waals surface area contributed by atoms with Crippen molar-refractivity contribution in [3.05, 3.63) is 23.8 Å². The first-order valence-electron chi connectivity index (χ1n) is 6.89. The van der Waals surface area contributed by atoms with E-state index in [-0.39, 0.29) is 23.8 Å². The molecule has 0 aromatic rings. The van der Waals surface area contributed by atoms with Gasteiger partial charge >= 0.3 is 0 Å². The van der Waals surface area contributed by atoms with Crippen LogP contribution in [0.4, 0.5) is 0 Å². The monoisotopic (exact) mass is 261 g/mol. The molecular weight excluding hydrogens is 242 g/mol. The first-order chi connectivity index (χ1) is 9.22. The summed E-state index contributed by atoms with van der Waals surface area (Å²) in [4.78, 5) is 22.4. The zero-order chi connectivity index (χ0) is 13.2. The summed E-state index contributed by atoms with van der Waals surface area (Å²) in [7, 11) is 0. The summed E-state index contributed by atoms with van der Waals surface area (Å²) in [5, 5.41) is 9.32. The molecule has 3 N–H and O–H groups in total. The number of hydrogen-bond donors (Lipinski definition) is 3. The van der Waals surface area contributed by atoms with Gasteiger partial charge in [0.1, 0.15) is 0 Å². The summed E-state index contributed by atoms with van der Waals surface area (Å²) in [5.74, 6) is 0.793. The number of rotatable bonds is 2. The molecule has 19 heavy (non-hydrogen) atoms. The highest BCUT2D eigenvalue weighted by molar-refractivity contribution is 5.88. The normalized spacial score (nSPS) is 34.7. The molecule has 3 unspecified atom stereocenters. The quantitative estimate of drug-likeness (QED) is 0.598. The second kappa shape index (κ2) is 5.17. The van der Waals surface area contributed by atoms with E-state index in [0.717, 1.165) is 19.5 Å². The van der Waals surface area contributed by atoms with Crippen LogP contribution in [0.15, 0.2) is 23.8 Å². The molecule has 5 heteroatoms. The molecular formula is C14H19N3O2. The van der Waals surface area contributed by atoms with Crippen LogP contribution in [0.5, 0.6) is 0 Å². The lowest BCUT2D eigenvalue weighted by molar-refractivity contribution is -0.119. The van der Waals surface area contributed by atoms with Crippen molar-refractivity contribution in [3.63, 3.8) is 0 Å². The SMILES string of the molecule is O=C1C=CC(C2=CC(C3CCC(=O)N3)CNC2)CN1. The van der Waals surface area contributed by atoms with Crippen molar-refractivity contribution in [2.75, 3.05) is 19.6 Å². The summed E-state index contributed by atoms with van der Waals surface area (Å²) in [6, 6.07) is 0.262. The molecule has 3 aliphatic heterocycles. The molecule has 0 bridgehead atoms. The Kier molecular flexibility index (Phi) is 3.38. The summed E-state index contributed by atoms with van der Waals surface area (Å²) in [6.45, 7) is 2.45. The third-order valence-corrected chi connectivity index (χ3v) is 4.14. The standard InChI is InChI=1S/C14H19N3O2/c18-13-3-1-9(8-16-13)10-5-11(7-15-6-10)12-2-4-14(19)17-12/h1,3,5,9,11-12,15H,2,4,6-8H2,(H,16,18)(H,17,19). The Labute approximate surface area is 112 Å². The number of amides is 2. The maximum Gasteiger partial charge on any atom is 0.243 e. The van der Waals surface area contributed by atoms with Crippen molar-refractivity contribution in [1.29, 1.82) is 0 Å². The molecule has 5 nitrogen and oxygen atoms in total. The highest BCUT2D eigenvalue weighted by Crippen LogP contribution is 2.24. The van der Waals surface area contributed by atoms with Crippen LogP contribution in [0.1, 0.15) is 12.8 Å². The van der Waals surface area contributed by atoms with Crippen molar-refractivity contribution >= 4 is 11.8 Å². The molecule has 1 saturated heterocycles. The van der Waals surface area contributed by atoms with Gasteiger partial charge in [-0.3, -0.25) is 9.59 Å². The Balaban J connectivity index is 1.71. The first kappa shape index (κ1) is 12.4. The van der Waals surface area contributed by atoms with Gasteiger partial charge in [-0.25, -0.2) is 0 Å². The molecule has 0 spiro atoms. The van der Waals surface area contributed by atoms with E-state index < -0.39 is 0 Å². The maximum atomic E-state index is 11.3. The second-order valence-electron chi connectivity index (χ2n) is 5.46. The van der Waals surface area contributed by atoms with Crippen LogP contribution >= 0.6 is 0 Å². The van der Waals surface area contributed by atoms with Crippen molar-refractivity contribution in [1.82, 2.24) is 16.0 Å². The van der Waals surface area contributed by atoms with Gasteiger partial charge in [0.15, 0.2) is 0 Å². The van der Waals surface area contributed by atoms with Gasteiger partial charge in [-0.1, -0.05) is 17.7 Å². The zero-order valence-corrected chi connectivity index (χ0v) is 10.8. The molecule has 3 aliphatic rings. The Morgan fingerprint density at radius 3 is 2.79 bits per heavy atom. The van der Waals surface area contributed by atoms with Crippen LogP contribution in [-0.2, 0) is 9.59 Å². The van der Waals surface area contributed by atoms with Crippen molar-refractivity contribution in [3.8, 4) is 0 Å². The number of carbonyl (C=O) groups is 2. The molecule has 0 saturated carbocycles. The minimum atomic E-state index is -0.0137. The summed E-state index contributed by atoms with van der Waals surface area (Å²) >= 11 is 0. The van der Waals surface area contributed by atoms with Crippen molar-refractivity contribution < 1.29 is 9.59 Å². The van der Waals surface area contributed by atoms with E-state index in [1.54, 1.807) is 6.08 Å². The molecule has 0 aromatic heterocycles. The van der Waals surface area contributed by atoms with E-state index in [9.17, 15) is 9.59 Å². The van der Waals surface area contributed by atoms with Crippen LogP contribution < -0.4 is 16.0 Å². The van der Waals surface area contributed by atoms with Crippen molar-refractivity contribution in [2.45, 2.75) is 18.9 Å². The van der Waals surface area contributed by atoms with E-state index in [2.05, 4.69) is 22.0 Å². The van der Waals surface area contributed by atoms with Gasteiger partial charge in [0.05, 0.1) is 0 Å². The molecule has 0 aliphatic carbocycles.